The van der Waals surface area contributed by atoms with Gasteiger partial charge in [-0.15, -0.1) is 0 Å². The van der Waals surface area contributed by atoms with Gasteiger partial charge in [0.1, 0.15) is 25.0 Å². The fourth-order valence-electron chi connectivity index (χ4n) is 1.95. The molecule has 1 amide bonds. The van der Waals surface area contributed by atoms with Crippen LogP contribution >= 0.6 is 0 Å². The van der Waals surface area contributed by atoms with E-state index in [1.165, 1.54) is 19.3 Å². The molecule has 0 radical (unpaired) electrons. The second-order valence-electron chi connectivity index (χ2n) is 5.21. The van der Waals surface area contributed by atoms with E-state index >= 15 is 0 Å². The highest BCUT2D eigenvalue weighted by Gasteiger charge is 2.10. The van der Waals surface area contributed by atoms with Crippen LogP contribution in [0.1, 0.15) is 0 Å². The molecule has 8 nitrogen and oxygen atoms in total. The summed E-state index contributed by atoms with van der Waals surface area (Å²) in [5.41, 5.74) is -1.02. The third-order valence-corrected chi connectivity index (χ3v) is 3.29. The molecule has 0 spiro atoms. The van der Waals surface area contributed by atoms with Crippen molar-refractivity contribution in [1.29, 1.82) is 0 Å². The number of nitrogens with one attached hydrogen (secondary N) is 1. The van der Waals surface area contributed by atoms with E-state index in [9.17, 15) is 19.5 Å². The zero-order valence-corrected chi connectivity index (χ0v) is 13.2. The van der Waals surface area contributed by atoms with Crippen molar-refractivity contribution in [1.82, 2.24) is 14.5 Å². The van der Waals surface area contributed by atoms with Crippen LogP contribution in [0.15, 0.2) is 52.2 Å². The van der Waals surface area contributed by atoms with Crippen LogP contribution in [0.4, 0.5) is 0 Å². The Morgan fingerprint density at radius 1 is 1.25 bits per heavy atom. The number of carbonyl (C=O) groups excluding carboxylic acids is 1. The van der Waals surface area contributed by atoms with Gasteiger partial charge in [0.15, 0.2) is 0 Å². The molecule has 0 fully saturated rings. The minimum absolute atomic E-state index is 0.00776. The lowest BCUT2D eigenvalue weighted by molar-refractivity contribution is -0.122. The van der Waals surface area contributed by atoms with E-state index in [0.29, 0.717) is 5.75 Å². The molecule has 128 valence electrons. The Labute approximate surface area is 137 Å². The third-order valence-electron chi connectivity index (χ3n) is 3.29. The molecule has 2 rings (SSSR count). The van der Waals surface area contributed by atoms with Crippen LogP contribution in [0, 0.1) is 0 Å². The number of aliphatic hydroxyl groups is 1. The van der Waals surface area contributed by atoms with Crippen LogP contribution in [0.2, 0.25) is 0 Å². The molecule has 1 unspecified atom stereocenters. The lowest BCUT2D eigenvalue weighted by Gasteiger charge is -2.13. The summed E-state index contributed by atoms with van der Waals surface area (Å²) in [5.74, 6) is 0.175. The standard InChI is InChI=1S/C16H19N3O5/c1-18-15(22)7-8-19(16(18)23)10-14(21)17-9-12(20)11-24-13-5-3-2-4-6-13/h2-8,12,20H,9-11H2,1H3,(H,17,21). The summed E-state index contributed by atoms with van der Waals surface area (Å²) >= 11 is 0. The number of hydrogen-bond donors (Lipinski definition) is 2. The fraction of sp³-hybridized carbons (Fsp3) is 0.312. The molecular formula is C16H19N3O5. The topological polar surface area (TPSA) is 103 Å². The van der Waals surface area contributed by atoms with Crippen molar-refractivity contribution in [3.63, 3.8) is 0 Å². The van der Waals surface area contributed by atoms with Crippen LogP contribution in [-0.4, -0.2) is 39.4 Å². The maximum absolute atomic E-state index is 11.8. The van der Waals surface area contributed by atoms with E-state index in [1.54, 1.807) is 12.1 Å². The molecule has 0 aliphatic rings. The number of para-hydroxylation sites is 1. The van der Waals surface area contributed by atoms with Crippen molar-refractivity contribution in [2.45, 2.75) is 12.6 Å². The first-order chi connectivity index (χ1) is 11.5. The summed E-state index contributed by atoms with van der Waals surface area (Å²) in [6.07, 6.45) is 0.380. The number of nitrogens with zero attached hydrogens (tertiary/aromatic N) is 2. The van der Waals surface area contributed by atoms with Crippen molar-refractivity contribution < 1.29 is 14.6 Å². The van der Waals surface area contributed by atoms with Gasteiger partial charge in [0.05, 0.1) is 0 Å². The quantitative estimate of drug-likeness (QED) is 0.684. The summed E-state index contributed by atoms with van der Waals surface area (Å²) in [5, 5.41) is 12.3. The van der Waals surface area contributed by atoms with Gasteiger partial charge in [-0.05, 0) is 12.1 Å². The second-order valence-corrected chi connectivity index (χ2v) is 5.21. The molecule has 1 atom stereocenters. The highest BCUT2D eigenvalue weighted by molar-refractivity contribution is 5.75. The Morgan fingerprint density at radius 3 is 2.67 bits per heavy atom. The average Bonchev–Trinajstić information content (AvgIpc) is 2.59. The van der Waals surface area contributed by atoms with E-state index in [0.717, 1.165) is 9.13 Å². The number of ether oxygens (including phenoxy) is 1. The molecule has 1 aromatic heterocycles. The summed E-state index contributed by atoms with van der Waals surface area (Å²) in [6.45, 7) is -0.213. The van der Waals surface area contributed by atoms with Gasteiger partial charge in [-0.25, -0.2) is 4.79 Å². The van der Waals surface area contributed by atoms with Gasteiger partial charge in [0, 0.05) is 25.9 Å². The van der Waals surface area contributed by atoms with Crippen LogP contribution in [-0.2, 0) is 18.4 Å². The number of benzene rings is 1. The van der Waals surface area contributed by atoms with Crippen molar-refractivity contribution in [2.75, 3.05) is 13.2 Å². The predicted molar refractivity (Wildman–Crippen MR) is 86.9 cm³/mol. The smallest absolute Gasteiger partial charge is 0.331 e. The molecular weight excluding hydrogens is 314 g/mol. The molecule has 8 heteroatoms. The monoisotopic (exact) mass is 333 g/mol. The molecule has 0 aliphatic heterocycles. The predicted octanol–water partition coefficient (Wildman–Crippen LogP) is -0.897. The van der Waals surface area contributed by atoms with Crippen molar-refractivity contribution >= 4 is 5.91 Å². The van der Waals surface area contributed by atoms with Crippen LogP contribution in [0.5, 0.6) is 5.75 Å². The summed E-state index contributed by atoms with van der Waals surface area (Å²) in [7, 11) is 1.34. The Kier molecular flexibility index (Phi) is 5.91. The lowest BCUT2D eigenvalue weighted by atomic mass is 10.3. The summed E-state index contributed by atoms with van der Waals surface area (Å²) < 4.78 is 7.40. The Morgan fingerprint density at radius 2 is 1.96 bits per heavy atom. The number of carbonyl (C=O) groups is 1. The van der Waals surface area contributed by atoms with Gasteiger partial charge >= 0.3 is 5.69 Å². The normalized spacial score (nSPS) is 11.8. The van der Waals surface area contributed by atoms with Gasteiger partial charge in [-0.3, -0.25) is 18.7 Å². The maximum Gasteiger partial charge on any atom is 0.331 e. The SMILES string of the molecule is Cn1c(=O)ccn(CC(=O)NCC(O)COc2ccccc2)c1=O. The fourth-order valence-corrected chi connectivity index (χ4v) is 1.95. The lowest BCUT2D eigenvalue weighted by Crippen LogP contribution is -2.42. The van der Waals surface area contributed by atoms with Crippen LogP contribution in [0.3, 0.4) is 0 Å². The maximum atomic E-state index is 11.8. The van der Waals surface area contributed by atoms with Crippen LogP contribution in [0.25, 0.3) is 0 Å². The molecule has 0 saturated heterocycles. The molecule has 0 aliphatic carbocycles. The van der Waals surface area contributed by atoms with Crippen molar-refractivity contribution in [3.8, 4) is 5.75 Å². The van der Waals surface area contributed by atoms with Crippen LogP contribution < -0.4 is 21.3 Å². The van der Waals surface area contributed by atoms with E-state index in [1.807, 2.05) is 18.2 Å². The molecule has 1 aromatic carbocycles. The Bertz CT molecular complexity index is 797. The van der Waals surface area contributed by atoms with E-state index < -0.39 is 23.3 Å². The summed E-state index contributed by atoms with van der Waals surface area (Å²) in [6, 6.07) is 10.2. The van der Waals surface area contributed by atoms with Crippen molar-refractivity contribution in [2.24, 2.45) is 7.05 Å². The first-order valence-electron chi connectivity index (χ1n) is 7.36. The summed E-state index contributed by atoms with van der Waals surface area (Å²) in [4.78, 5) is 34.9. The highest BCUT2D eigenvalue weighted by atomic mass is 16.5. The number of amides is 1. The average molecular weight is 333 g/mol. The number of aliphatic hydroxyl groups excluding tert-OH is 1. The van der Waals surface area contributed by atoms with Crippen molar-refractivity contribution in [3.05, 3.63) is 63.4 Å². The van der Waals surface area contributed by atoms with E-state index in [2.05, 4.69) is 5.32 Å². The number of hydrogen-bond acceptors (Lipinski definition) is 5. The molecule has 0 bridgehead atoms. The minimum Gasteiger partial charge on any atom is -0.491 e. The van der Waals surface area contributed by atoms with Gasteiger partial charge in [0.25, 0.3) is 5.56 Å². The zero-order chi connectivity index (χ0) is 17.5. The van der Waals surface area contributed by atoms with Gasteiger partial charge in [0.2, 0.25) is 5.91 Å². The second kappa shape index (κ2) is 8.11. The number of rotatable bonds is 7. The number of aromatic nitrogens is 2. The largest absolute Gasteiger partial charge is 0.491 e. The third kappa shape index (κ3) is 4.82. The van der Waals surface area contributed by atoms with Gasteiger partial charge < -0.3 is 15.2 Å². The zero-order valence-electron chi connectivity index (χ0n) is 13.2. The van der Waals surface area contributed by atoms with Gasteiger partial charge in [-0.2, -0.15) is 0 Å². The minimum atomic E-state index is -0.883. The molecule has 0 saturated carbocycles. The molecule has 1 heterocycles. The Hall–Kier alpha value is -2.87. The Balaban J connectivity index is 1.80. The molecule has 2 N–H and O–H groups in total. The van der Waals surface area contributed by atoms with E-state index in [4.69, 9.17) is 4.74 Å². The first-order valence-corrected chi connectivity index (χ1v) is 7.36. The highest BCUT2D eigenvalue weighted by Crippen LogP contribution is 2.08. The van der Waals surface area contributed by atoms with E-state index in [-0.39, 0.29) is 19.7 Å². The first kappa shape index (κ1) is 17.5. The van der Waals surface area contributed by atoms with Gasteiger partial charge in [-0.1, -0.05) is 18.2 Å². The molecule has 2 aromatic rings. The molecule has 24 heavy (non-hydrogen) atoms.